The summed E-state index contributed by atoms with van der Waals surface area (Å²) in [5.74, 6) is -0.0812. The molecule has 0 aliphatic rings. The van der Waals surface area contributed by atoms with E-state index < -0.39 is 0 Å². The number of halogens is 1. The minimum absolute atomic E-state index is 0.163. The summed E-state index contributed by atoms with van der Waals surface area (Å²) in [7, 11) is 1.44. The van der Waals surface area contributed by atoms with E-state index in [-0.39, 0.29) is 17.9 Å². The van der Waals surface area contributed by atoms with Crippen molar-refractivity contribution in [3.8, 4) is 6.01 Å². The van der Waals surface area contributed by atoms with Crippen LogP contribution in [0.15, 0.2) is 24.3 Å². The fraction of sp³-hybridized carbons (Fsp3) is 0.100. The number of anilines is 1. The minimum atomic E-state index is -0.305. The highest BCUT2D eigenvalue weighted by Crippen LogP contribution is 2.11. The molecule has 0 saturated heterocycles. The molecule has 0 saturated carbocycles. The number of ether oxygens (including phenoxy) is 1. The normalized spacial score (nSPS) is 10.0. The van der Waals surface area contributed by atoms with Crippen LogP contribution >= 0.6 is 11.6 Å². The largest absolute Gasteiger partial charge is 0.466 e. The summed E-state index contributed by atoms with van der Waals surface area (Å²) in [5, 5.41) is 9.34. The standard InChI is InChI=1S/C10H9ClN4O2/c1-17-10-13-9(14-15-10)12-8(16)6-2-4-7(11)5-3-6/h2-5H,1H3,(H2,12,13,14,15,16). The molecule has 1 amide bonds. The molecular weight excluding hydrogens is 244 g/mol. The van der Waals surface area contributed by atoms with Crippen molar-refractivity contribution in [2.75, 3.05) is 12.4 Å². The molecular formula is C10H9ClN4O2. The Morgan fingerprint density at radius 3 is 2.71 bits per heavy atom. The molecule has 0 aliphatic heterocycles. The molecule has 0 bridgehead atoms. The second-order valence-corrected chi connectivity index (χ2v) is 3.57. The maximum atomic E-state index is 11.7. The Balaban J connectivity index is 2.08. The number of hydrogen-bond acceptors (Lipinski definition) is 4. The smallest absolute Gasteiger partial charge is 0.336 e. The van der Waals surface area contributed by atoms with Crippen LogP contribution in [0.25, 0.3) is 0 Å². The first-order valence-electron chi connectivity index (χ1n) is 4.72. The molecule has 2 rings (SSSR count). The van der Waals surface area contributed by atoms with Crippen molar-refractivity contribution in [2.45, 2.75) is 0 Å². The summed E-state index contributed by atoms with van der Waals surface area (Å²) in [6.07, 6.45) is 0. The first kappa shape index (κ1) is 11.4. The lowest BCUT2D eigenvalue weighted by molar-refractivity contribution is 0.102. The highest BCUT2D eigenvalue weighted by Gasteiger charge is 2.09. The zero-order valence-corrected chi connectivity index (χ0v) is 9.65. The molecule has 0 fully saturated rings. The number of carbonyl (C=O) groups is 1. The Morgan fingerprint density at radius 1 is 1.41 bits per heavy atom. The summed E-state index contributed by atoms with van der Waals surface area (Å²) < 4.78 is 4.78. The van der Waals surface area contributed by atoms with E-state index in [1.165, 1.54) is 7.11 Å². The maximum absolute atomic E-state index is 11.7. The number of rotatable bonds is 3. The van der Waals surface area contributed by atoms with Crippen LogP contribution in [-0.4, -0.2) is 28.2 Å². The molecule has 1 heterocycles. The summed E-state index contributed by atoms with van der Waals surface area (Å²) >= 11 is 5.72. The van der Waals surface area contributed by atoms with Gasteiger partial charge in [-0.3, -0.25) is 10.1 Å². The number of hydrogen-bond donors (Lipinski definition) is 2. The minimum Gasteiger partial charge on any atom is -0.466 e. The first-order chi connectivity index (χ1) is 8.19. The van der Waals surface area contributed by atoms with E-state index in [0.717, 1.165) is 0 Å². The van der Waals surface area contributed by atoms with Crippen molar-refractivity contribution in [2.24, 2.45) is 0 Å². The van der Waals surface area contributed by atoms with Gasteiger partial charge in [0.1, 0.15) is 0 Å². The van der Waals surface area contributed by atoms with Gasteiger partial charge in [0.2, 0.25) is 5.95 Å². The number of H-pyrrole nitrogens is 1. The average molecular weight is 253 g/mol. The third kappa shape index (κ3) is 2.73. The van der Waals surface area contributed by atoms with E-state index in [9.17, 15) is 4.79 Å². The number of benzene rings is 1. The molecule has 0 atom stereocenters. The lowest BCUT2D eigenvalue weighted by Gasteiger charge is -2.00. The van der Waals surface area contributed by atoms with Crippen molar-refractivity contribution in [1.82, 2.24) is 15.2 Å². The number of nitrogens with one attached hydrogen (secondary N) is 2. The molecule has 0 aliphatic carbocycles. The first-order valence-corrected chi connectivity index (χ1v) is 5.10. The summed E-state index contributed by atoms with van der Waals surface area (Å²) in [6, 6.07) is 6.67. The number of nitrogens with zero attached hydrogens (tertiary/aromatic N) is 2. The molecule has 7 heteroatoms. The predicted octanol–water partition coefficient (Wildman–Crippen LogP) is 1.72. The predicted molar refractivity (Wildman–Crippen MR) is 62.3 cm³/mol. The van der Waals surface area contributed by atoms with Crippen LogP contribution in [0.1, 0.15) is 10.4 Å². The van der Waals surface area contributed by atoms with Gasteiger partial charge < -0.3 is 4.74 Å². The van der Waals surface area contributed by atoms with Crippen LogP contribution in [0.3, 0.4) is 0 Å². The molecule has 2 N–H and O–H groups in total. The third-order valence-corrected chi connectivity index (χ3v) is 2.24. The van der Waals surface area contributed by atoms with Crippen LogP contribution in [-0.2, 0) is 0 Å². The van der Waals surface area contributed by atoms with Crippen LogP contribution in [0, 0.1) is 0 Å². The van der Waals surface area contributed by atoms with Crippen molar-refractivity contribution >= 4 is 23.5 Å². The van der Waals surface area contributed by atoms with E-state index in [4.69, 9.17) is 16.3 Å². The Morgan fingerprint density at radius 2 is 2.12 bits per heavy atom. The molecule has 0 radical (unpaired) electrons. The van der Waals surface area contributed by atoms with Crippen molar-refractivity contribution < 1.29 is 9.53 Å². The summed E-state index contributed by atoms with van der Waals surface area (Å²) in [5.41, 5.74) is 0.477. The van der Waals surface area contributed by atoms with Gasteiger partial charge in [0.05, 0.1) is 7.11 Å². The zero-order valence-electron chi connectivity index (χ0n) is 8.90. The van der Waals surface area contributed by atoms with Gasteiger partial charge in [-0.05, 0) is 24.3 Å². The fourth-order valence-corrected chi connectivity index (χ4v) is 1.30. The van der Waals surface area contributed by atoms with Crippen molar-refractivity contribution in [1.29, 1.82) is 0 Å². The van der Waals surface area contributed by atoms with Gasteiger partial charge >= 0.3 is 6.01 Å². The third-order valence-electron chi connectivity index (χ3n) is 1.99. The SMILES string of the molecule is COc1n[nH]c(NC(=O)c2ccc(Cl)cc2)n1. The van der Waals surface area contributed by atoms with Gasteiger partial charge in [-0.1, -0.05) is 11.6 Å². The summed E-state index contributed by atoms with van der Waals surface area (Å²) in [6.45, 7) is 0. The van der Waals surface area contributed by atoms with Crippen LogP contribution in [0.5, 0.6) is 6.01 Å². The van der Waals surface area contributed by atoms with E-state index in [2.05, 4.69) is 20.5 Å². The van der Waals surface area contributed by atoms with Gasteiger partial charge in [0.25, 0.3) is 5.91 Å². The van der Waals surface area contributed by atoms with Gasteiger partial charge in [-0.2, -0.15) is 4.98 Å². The molecule has 17 heavy (non-hydrogen) atoms. The average Bonchev–Trinajstić information content (AvgIpc) is 2.77. The second-order valence-electron chi connectivity index (χ2n) is 3.13. The molecule has 88 valence electrons. The van der Waals surface area contributed by atoms with Gasteiger partial charge in [0, 0.05) is 10.6 Å². The van der Waals surface area contributed by atoms with Crippen molar-refractivity contribution in [3.63, 3.8) is 0 Å². The Kier molecular flexibility index (Phi) is 3.24. The lowest BCUT2D eigenvalue weighted by Crippen LogP contribution is -2.12. The van der Waals surface area contributed by atoms with E-state index in [1.807, 2.05) is 0 Å². The highest BCUT2D eigenvalue weighted by molar-refractivity contribution is 6.30. The molecule has 0 spiro atoms. The van der Waals surface area contributed by atoms with Gasteiger partial charge in [-0.15, -0.1) is 5.10 Å². The number of amides is 1. The van der Waals surface area contributed by atoms with E-state index in [1.54, 1.807) is 24.3 Å². The van der Waals surface area contributed by atoms with Crippen LogP contribution in [0.4, 0.5) is 5.95 Å². The molecule has 1 aromatic heterocycles. The van der Waals surface area contributed by atoms with Gasteiger partial charge in [0.15, 0.2) is 0 Å². The maximum Gasteiger partial charge on any atom is 0.336 e. The zero-order chi connectivity index (χ0) is 12.3. The molecule has 6 nitrogen and oxygen atoms in total. The van der Waals surface area contributed by atoms with Gasteiger partial charge in [-0.25, -0.2) is 5.10 Å². The fourth-order valence-electron chi connectivity index (χ4n) is 1.17. The van der Waals surface area contributed by atoms with E-state index >= 15 is 0 Å². The highest BCUT2D eigenvalue weighted by atomic mass is 35.5. The Hall–Kier alpha value is -2.08. The monoisotopic (exact) mass is 252 g/mol. The number of carbonyl (C=O) groups excluding carboxylic acids is 1. The molecule has 2 aromatic rings. The number of aromatic amines is 1. The van der Waals surface area contributed by atoms with E-state index in [0.29, 0.717) is 10.6 Å². The quantitative estimate of drug-likeness (QED) is 0.872. The van der Waals surface area contributed by atoms with Crippen molar-refractivity contribution in [3.05, 3.63) is 34.9 Å². The Bertz CT molecular complexity index is 523. The number of aromatic nitrogens is 3. The topological polar surface area (TPSA) is 79.9 Å². The number of methoxy groups -OCH3 is 1. The van der Waals surface area contributed by atoms with Crippen LogP contribution in [0.2, 0.25) is 5.02 Å². The lowest BCUT2D eigenvalue weighted by atomic mass is 10.2. The molecule has 0 unspecified atom stereocenters. The summed E-state index contributed by atoms with van der Waals surface area (Å²) in [4.78, 5) is 15.6. The second kappa shape index (κ2) is 4.84. The van der Waals surface area contributed by atoms with Crippen LogP contribution < -0.4 is 10.1 Å². The Labute approximate surface area is 102 Å². The molecule has 1 aromatic carbocycles.